The Balaban J connectivity index is 2.36. The van der Waals surface area contributed by atoms with Crippen LogP contribution >= 0.6 is 0 Å². The molecule has 0 unspecified atom stereocenters. The third-order valence-corrected chi connectivity index (χ3v) is 4.74. The van der Waals surface area contributed by atoms with E-state index in [4.69, 9.17) is 0 Å². The van der Waals surface area contributed by atoms with Gasteiger partial charge >= 0.3 is 10.2 Å². The van der Waals surface area contributed by atoms with Crippen LogP contribution in [0.5, 0.6) is 0 Å². The number of oxime groups is 1. The minimum atomic E-state index is -3.59. The first-order valence-corrected chi connectivity index (χ1v) is 8.37. The lowest BCUT2D eigenvalue weighted by Crippen LogP contribution is -2.29. The Morgan fingerprint density at radius 1 is 1.09 bits per heavy atom. The fourth-order valence-corrected chi connectivity index (χ4v) is 2.57. The zero-order chi connectivity index (χ0) is 17.0. The van der Waals surface area contributed by atoms with Gasteiger partial charge in [-0.3, -0.25) is 4.72 Å². The van der Waals surface area contributed by atoms with Gasteiger partial charge in [0.1, 0.15) is 5.71 Å². The summed E-state index contributed by atoms with van der Waals surface area (Å²) in [6.45, 7) is 1.97. The van der Waals surface area contributed by atoms with Gasteiger partial charge < -0.3 is 5.21 Å². The molecule has 6 nitrogen and oxygen atoms in total. The number of rotatable bonds is 5. The van der Waals surface area contributed by atoms with Crippen molar-refractivity contribution in [3.05, 3.63) is 65.2 Å². The molecule has 0 fully saturated rings. The number of benzene rings is 2. The molecule has 0 saturated heterocycles. The summed E-state index contributed by atoms with van der Waals surface area (Å²) in [6.07, 6.45) is 0. The maximum absolute atomic E-state index is 11.9. The fraction of sp³-hybridized carbons (Fsp3) is 0.188. The van der Waals surface area contributed by atoms with E-state index in [0.717, 1.165) is 15.4 Å². The largest absolute Gasteiger partial charge is 0.410 e. The molecular weight excluding hydrogens is 314 g/mol. The van der Waals surface area contributed by atoms with E-state index in [1.807, 2.05) is 31.2 Å². The van der Waals surface area contributed by atoms with Gasteiger partial charge in [-0.25, -0.2) is 0 Å². The standard InChI is InChI=1S/C16H19N3O3S/c1-12-7-9-13(10-8-12)16(17-20)14-5-4-6-15(11-14)18-23(21,22)19(2)3/h4-11,18,20H,1-3H3/b17-16+. The van der Waals surface area contributed by atoms with Crippen LogP contribution in [0.2, 0.25) is 0 Å². The molecule has 0 atom stereocenters. The number of hydrogen-bond acceptors (Lipinski definition) is 4. The van der Waals surface area contributed by atoms with E-state index < -0.39 is 10.2 Å². The van der Waals surface area contributed by atoms with E-state index in [1.165, 1.54) is 14.1 Å². The normalized spacial score (nSPS) is 12.4. The summed E-state index contributed by atoms with van der Waals surface area (Å²) in [5.74, 6) is 0. The molecule has 2 aromatic carbocycles. The highest BCUT2D eigenvalue weighted by molar-refractivity contribution is 7.90. The molecule has 7 heteroatoms. The summed E-state index contributed by atoms with van der Waals surface area (Å²) in [6, 6.07) is 14.2. The number of nitrogens with one attached hydrogen (secondary N) is 1. The summed E-state index contributed by atoms with van der Waals surface area (Å²) in [5, 5.41) is 12.7. The maximum Gasteiger partial charge on any atom is 0.301 e. The molecule has 2 N–H and O–H groups in total. The smallest absolute Gasteiger partial charge is 0.301 e. The van der Waals surface area contributed by atoms with Crippen LogP contribution in [-0.4, -0.2) is 37.7 Å². The van der Waals surface area contributed by atoms with Gasteiger partial charge in [0.15, 0.2) is 0 Å². The minimum absolute atomic E-state index is 0.371. The van der Waals surface area contributed by atoms with Crippen molar-refractivity contribution in [2.45, 2.75) is 6.92 Å². The van der Waals surface area contributed by atoms with Crippen molar-refractivity contribution < 1.29 is 13.6 Å². The molecule has 0 spiro atoms. The van der Waals surface area contributed by atoms with Crippen molar-refractivity contribution in [1.29, 1.82) is 0 Å². The Labute approximate surface area is 136 Å². The predicted molar refractivity (Wildman–Crippen MR) is 91.3 cm³/mol. The highest BCUT2D eigenvalue weighted by Gasteiger charge is 2.14. The van der Waals surface area contributed by atoms with Crippen molar-refractivity contribution in [2.75, 3.05) is 18.8 Å². The lowest BCUT2D eigenvalue weighted by Gasteiger charge is -2.14. The van der Waals surface area contributed by atoms with Crippen molar-refractivity contribution in [3.63, 3.8) is 0 Å². The summed E-state index contributed by atoms with van der Waals surface area (Å²) < 4.78 is 27.3. The molecule has 0 aliphatic carbocycles. The van der Waals surface area contributed by atoms with Crippen LogP contribution in [0, 0.1) is 6.92 Å². The lowest BCUT2D eigenvalue weighted by atomic mass is 10.0. The summed E-state index contributed by atoms with van der Waals surface area (Å²) in [7, 11) is -0.703. The number of aryl methyl sites for hydroxylation is 1. The average Bonchev–Trinajstić information content (AvgIpc) is 2.50. The molecule has 0 aromatic heterocycles. The molecule has 0 saturated carbocycles. The van der Waals surface area contributed by atoms with Gasteiger partial charge in [0, 0.05) is 25.2 Å². The molecule has 0 heterocycles. The summed E-state index contributed by atoms with van der Waals surface area (Å²) >= 11 is 0. The molecule has 0 aliphatic rings. The van der Waals surface area contributed by atoms with Crippen molar-refractivity contribution >= 4 is 21.6 Å². The molecule has 23 heavy (non-hydrogen) atoms. The van der Waals surface area contributed by atoms with Crippen molar-refractivity contribution in [2.24, 2.45) is 5.16 Å². The first-order chi connectivity index (χ1) is 10.8. The van der Waals surface area contributed by atoms with Gasteiger partial charge in [-0.1, -0.05) is 47.1 Å². The predicted octanol–water partition coefficient (Wildman–Crippen LogP) is 2.44. The lowest BCUT2D eigenvalue weighted by molar-refractivity contribution is 0.319. The highest BCUT2D eigenvalue weighted by atomic mass is 32.2. The molecular formula is C16H19N3O3S. The average molecular weight is 333 g/mol. The van der Waals surface area contributed by atoms with Crippen LogP contribution in [0.3, 0.4) is 0 Å². The Hall–Kier alpha value is -2.38. The van der Waals surface area contributed by atoms with Crippen LogP contribution in [0.15, 0.2) is 53.7 Å². The van der Waals surface area contributed by atoms with Gasteiger partial charge in [0.05, 0.1) is 5.69 Å². The molecule has 0 bridgehead atoms. The molecule has 2 rings (SSSR count). The SMILES string of the molecule is Cc1ccc(/C(=N\O)c2cccc(NS(=O)(=O)N(C)C)c2)cc1. The van der Waals surface area contributed by atoms with Gasteiger partial charge in [0.25, 0.3) is 0 Å². The van der Waals surface area contributed by atoms with E-state index in [0.29, 0.717) is 17.0 Å². The van der Waals surface area contributed by atoms with E-state index in [2.05, 4.69) is 9.88 Å². The molecule has 2 aromatic rings. The fourth-order valence-electron chi connectivity index (χ4n) is 1.96. The van der Waals surface area contributed by atoms with E-state index >= 15 is 0 Å². The third-order valence-electron chi connectivity index (χ3n) is 3.29. The number of hydrogen-bond donors (Lipinski definition) is 2. The van der Waals surface area contributed by atoms with Crippen LogP contribution in [0.25, 0.3) is 0 Å². The topological polar surface area (TPSA) is 82.0 Å². The van der Waals surface area contributed by atoms with E-state index in [1.54, 1.807) is 24.3 Å². The van der Waals surface area contributed by atoms with E-state index in [9.17, 15) is 13.6 Å². The Bertz CT molecular complexity index is 813. The monoisotopic (exact) mass is 333 g/mol. The second-order valence-electron chi connectivity index (χ2n) is 5.28. The minimum Gasteiger partial charge on any atom is -0.410 e. The zero-order valence-corrected chi connectivity index (χ0v) is 14.0. The molecule has 0 amide bonds. The van der Waals surface area contributed by atoms with Crippen LogP contribution in [-0.2, 0) is 10.2 Å². The second kappa shape index (κ2) is 6.80. The summed E-state index contributed by atoms with van der Waals surface area (Å²) in [4.78, 5) is 0. The summed E-state index contributed by atoms with van der Waals surface area (Å²) in [5.41, 5.74) is 3.21. The Morgan fingerprint density at radius 3 is 2.30 bits per heavy atom. The van der Waals surface area contributed by atoms with Crippen LogP contribution in [0.1, 0.15) is 16.7 Å². The van der Waals surface area contributed by atoms with Crippen LogP contribution < -0.4 is 4.72 Å². The Morgan fingerprint density at radius 2 is 1.74 bits per heavy atom. The second-order valence-corrected chi connectivity index (χ2v) is 7.17. The van der Waals surface area contributed by atoms with Crippen molar-refractivity contribution in [3.8, 4) is 0 Å². The number of nitrogens with zero attached hydrogens (tertiary/aromatic N) is 2. The van der Waals surface area contributed by atoms with Gasteiger partial charge in [-0.05, 0) is 19.1 Å². The zero-order valence-electron chi connectivity index (χ0n) is 13.2. The first-order valence-electron chi connectivity index (χ1n) is 6.93. The third kappa shape index (κ3) is 4.08. The van der Waals surface area contributed by atoms with E-state index in [-0.39, 0.29) is 0 Å². The van der Waals surface area contributed by atoms with Gasteiger partial charge in [0.2, 0.25) is 0 Å². The van der Waals surface area contributed by atoms with Crippen molar-refractivity contribution in [1.82, 2.24) is 4.31 Å². The molecule has 122 valence electrons. The van der Waals surface area contributed by atoms with Gasteiger partial charge in [-0.15, -0.1) is 0 Å². The number of anilines is 1. The quantitative estimate of drug-likeness (QED) is 0.501. The molecule has 0 aliphatic heterocycles. The van der Waals surface area contributed by atoms with Gasteiger partial charge in [-0.2, -0.15) is 12.7 Å². The molecule has 0 radical (unpaired) electrons. The highest BCUT2D eigenvalue weighted by Crippen LogP contribution is 2.17. The maximum atomic E-state index is 11.9. The first kappa shape index (κ1) is 17.0. The van der Waals surface area contributed by atoms with Crippen LogP contribution in [0.4, 0.5) is 5.69 Å². The Kier molecular flexibility index (Phi) is 5.02.